The number of carbonyl (C=O) groups excluding carboxylic acids is 1. The third-order valence-electron chi connectivity index (χ3n) is 5.50. The lowest BCUT2D eigenvalue weighted by Crippen LogP contribution is -2.29. The van der Waals surface area contributed by atoms with Gasteiger partial charge in [-0.3, -0.25) is 9.48 Å². The Morgan fingerprint density at radius 1 is 1.28 bits per heavy atom. The molecule has 0 N–H and O–H groups in total. The van der Waals surface area contributed by atoms with Crippen LogP contribution in [0.25, 0.3) is 5.69 Å². The molecule has 32 heavy (non-hydrogen) atoms. The van der Waals surface area contributed by atoms with Crippen molar-refractivity contribution in [1.82, 2.24) is 19.6 Å². The number of rotatable bonds is 5. The molecule has 170 valence electrons. The van der Waals surface area contributed by atoms with Crippen LogP contribution < -0.4 is 4.90 Å². The van der Waals surface area contributed by atoms with E-state index in [0.29, 0.717) is 17.8 Å². The maximum Gasteiger partial charge on any atom is 0.436 e. The van der Waals surface area contributed by atoms with E-state index in [2.05, 4.69) is 10.2 Å². The molecule has 4 rings (SSSR count). The first-order chi connectivity index (χ1) is 15.1. The van der Waals surface area contributed by atoms with E-state index in [0.717, 1.165) is 16.8 Å². The molecular formula is C21H20ClF4N5O. The van der Waals surface area contributed by atoms with Gasteiger partial charge in [-0.15, -0.1) is 0 Å². The fourth-order valence-corrected chi connectivity index (χ4v) is 4.24. The first kappa shape index (κ1) is 22.3. The molecule has 1 aromatic carbocycles. The van der Waals surface area contributed by atoms with Crippen LogP contribution in [-0.4, -0.2) is 32.0 Å². The van der Waals surface area contributed by atoms with Gasteiger partial charge < -0.3 is 4.90 Å². The summed E-state index contributed by atoms with van der Waals surface area (Å²) in [5.74, 6) is -0.803. The Balaban J connectivity index is 1.69. The minimum absolute atomic E-state index is 0.0865. The van der Waals surface area contributed by atoms with Crippen LogP contribution in [0.1, 0.15) is 42.9 Å². The molecule has 0 radical (unpaired) electrons. The molecule has 11 heteroatoms. The Bertz CT molecular complexity index is 1170. The van der Waals surface area contributed by atoms with Crippen LogP contribution in [-0.2, 0) is 17.4 Å². The van der Waals surface area contributed by atoms with E-state index in [9.17, 15) is 22.4 Å². The summed E-state index contributed by atoms with van der Waals surface area (Å²) in [5.41, 5.74) is 0.679. The van der Waals surface area contributed by atoms with E-state index in [1.807, 2.05) is 6.92 Å². The zero-order chi connectivity index (χ0) is 23.2. The molecule has 2 aromatic heterocycles. The second kappa shape index (κ2) is 8.23. The molecule has 1 amide bonds. The van der Waals surface area contributed by atoms with Gasteiger partial charge in [0.25, 0.3) is 5.91 Å². The van der Waals surface area contributed by atoms with Gasteiger partial charge in [0.1, 0.15) is 11.9 Å². The molecule has 0 saturated carbocycles. The molecule has 1 aliphatic rings. The van der Waals surface area contributed by atoms with E-state index < -0.39 is 34.7 Å². The zero-order valence-corrected chi connectivity index (χ0v) is 18.1. The van der Waals surface area contributed by atoms with E-state index in [1.54, 1.807) is 16.8 Å². The van der Waals surface area contributed by atoms with Gasteiger partial charge in [0.2, 0.25) is 0 Å². The maximum absolute atomic E-state index is 13.7. The molecule has 1 unspecified atom stereocenters. The SMILES string of the molecule is CCCc1c(N2CCC(n3nc(C(F)(F)F)c(Cl)c3C)C2=O)cnn1-c1cccc(F)c1. The Hall–Kier alpha value is -2.88. The summed E-state index contributed by atoms with van der Waals surface area (Å²) in [6.45, 7) is 3.66. The Morgan fingerprint density at radius 2 is 2.03 bits per heavy atom. The molecule has 1 saturated heterocycles. The standard InChI is InChI=1S/C21H20ClF4N5O/c1-3-5-15-17(11-27-31(15)14-7-4-6-13(23)10-14)29-9-8-16(20(29)32)30-12(2)18(22)19(28-30)21(24,25)26/h4,6-7,10-11,16H,3,5,8-9H2,1-2H3. The molecule has 0 spiro atoms. The highest BCUT2D eigenvalue weighted by molar-refractivity contribution is 6.32. The molecule has 1 aliphatic heterocycles. The smallest absolute Gasteiger partial charge is 0.307 e. The summed E-state index contributed by atoms with van der Waals surface area (Å²) < 4.78 is 56.0. The average Bonchev–Trinajstić information content (AvgIpc) is 3.38. The first-order valence-electron chi connectivity index (χ1n) is 10.1. The number of alkyl halides is 3. The molecular weight excluding hydrogens is 450 g/mol. The third-order valence-corrected chi connectivity index (χ3v) is 5.95. The monoisotopic (exact) mass is 469 g/mol. The molecule has 1 atom stereocenters. The summed E-state index contributed by atoms with van der Waals surface area (Å²) >= 11 is 5.86. The van der Waals surface area contributed by atoms with Gasteiger partial charge in [0.05, 0.1) is 34.0 Å². The van der Waals surface area contributed by atoms with Crippen molar-refractivity contribution in [2.24, 2.45) is 0 Å². The summed E-state index contributed by atoms with van der Waals surface area (Å²) in [4.78, 5) is 14.7. The second-order valence-electron chi connectivity index (χ2n) is 7.60. The van der Waals surface area contributed by atoms with Crippen molar-refractivity contribution in [3.8, 4) is 5.69 Å². The van der Waals surface area contributed by atoms with Gasteiger partial charge in [0, 0.05) is 6.54 Å². The van der Waals surface area contributed by atoms with Crippen LogP contribution in [0, 0.1) is 12.7 Å². The molecule has 6 nitrogen and oxygen atoms in total. The van der Waals surface area contributed by atoms with Crippen molar-refractivity contribution in [3.63, 3.8) is 0 Å². The highest BCUT2D eigenvalue weighted by atomic mass is 35.5. The fourth-order valence-electron chi connectivity index (χ4n) is 4.01. The highest BCUT2D eigenvalue weighted by Crippen LogP contribution is 2.39. The Kier molecular flexibility index (Phi) is 5.74. The normalized spacial score (nSPS) is 16.9. The van der Waals surface area contributed by atoms with E-state index in [1.165, 1.54) is 30.2 Å². The molecule has 3 aromatic rings. The van der Waals surface area contributed by atoms with E-state index in [4.69, 9.17) is 11.6 Å². The summed E-state index contributed by atoms with van der Waals surface area (Å²) in [7, 11) is 0. The number of hydrogen-bond donors (Lipinski definition) is 0. The molecule has 0 aliphatic carbocycles. The van der Waals surface area contributed by atoms with Gasteiger partial charge in [-0.05, 0) is 38.0 Å². The minimum atomic E-state index is -4.71. The number of carbonyl (C=O) groups is 1. The van der Waals surface area contributed by atoms with Gasteiger partial charge in [0.15, 0.2) is 5.69 Å². The van der Waals surface area contributed by atoms with Crippen molar-refractivity contribution in [2.75, 3.05) is 11.4 Å². The topological polar surface area (TPSA) is 56.0 Å². The number of hydrogen-bond acceptors (Lipinski definition) is 3. The van der Waals surface area contributed by atoms with Crippen LogP contribution in [0.2, 0.25) is 5.02 Å². The van der Waals surface area contributed by atoms with Crippen molar-refractivity contribution in [1.29, 1.82) is 0 Å². The number of aromatic nitrogens is 4. The fraction of sp³-hybridized carbons (Fsp3) is 0.381. The molecule has 1 fully saturated rings. The number of benzene rings is 1. The predicted octanol–water partition coefficient (Wildman–Crippen LogP) is 5.12. The van der Waals surface area contributed by atoms with Crippen molar-refractivity contribution < 1.29 is 22.4 Å². The summed E-state index contributed by atoms with van der Waals surface area (Å²) in [6.07, 6.45) is -1.59. The predicted molar refractivity (Wildman–Crippen MR) is 111 cm³/mol. The number of nitrogens with zero attached hydrogens (tertiary/aromatic N) is 5. The van der Waals surface area contributed by atoms with Crippen molar-refractivity contribution >= 4 is 23.2 Å². The van der Waals surface area contributed by atoms with Crippen LogP contribution >= 0.6 is 11.6 Å². The summed E-state index contributed by atoms with van der Waals surface area (Å²) in [6, 6.07) is 5.05. The number of halogens is 5. The highest BCUT2D eigenvalue weighted by Gasteiger charge is 2.42. The van der Waals surface area contributed by atoms with Crippen molar-refractivity contribution in [2.45, 2.75) is 45.3 Å². The van der Waals surface area contributed by atoms with Gasteiger partial charge in [-0.25, -0.2) is 9.07 Å². The molecule has 3 heterocycles. The minimum Gasteiger partial charge on any atom is -0.307 e. The van der Waals surface area contributed by atoms with Crippen LogP contribution in [0.3, 0.4) is 0 Å². The van der Waals surface area contributed by atoms with Crippen LogP contribution in [0.15, 0.2) is 30.5 Å². The average molecular weight is 470 g/mol. The lowest BCUT2D eigenvalue weighted by molar-refractivity contribution is -0.141. The maximum atomic E-state index is 13.7. The van der Waals surface area contributed by atoms with Gasteiger partial charge in [-0.2, -0.15) is 23.4 Å². The lowest BCUT2D eigenvalue weighted by Gasteiger charge is -2.18. The second-order valence-corrected chi connectivity index (χ2v) is 7.98. The first-order valence-corrected chi connectivity index (χ1v) is 10.5. The molecule has 0 bridgehead atoms. The number of amides is 1. The van der Waals surface area contributed by atoms with Crippen molar-refractivity contribution in [3.05, 3.63) is 58.4 Å². The van der Waals surface area contributed by atoms with Crippen LogP contribution in [0.5, 0.6) is 0 Å². The van der Waals surface area contributed by atoms with Gasteiger partial charge >= 0.3 is 6.18 Å². The van der Waals surface area contributed by atoms with Gasteiger partial charge in [-0.1, -0.05) is 31.0 Å². The Labute approximate surface area is 186 Å². The Morgan fingerprint density at radius 3 is 2.66 bits per heavy atom. The van der Waals surface area contributed by atoms with E-state index >= 15 is 0 Å². The van der Waals surface area contributed by atoms with Crippen LogP contribution in [0.4, 0.5) is 23.2 Å². The van der Waals surface area contributed by atoms with E-state index in [-0.39, 0.29) is 18.7 Å². The quantitative estimate of drug-likeness (QED) is 0.487. The zero-order valence-electron chi connectivity index (χ0n) is 17.3. The third kappa shape index (κ3) is 3.76. The largest absolute Gasteiger partial charge is 0.436 e. The number of anilines is 1. The summed E-state index contributed by atoms with van der Waals surface area (Å²) in [5, 5.41) is 7.46. The lowest BCUT2D eigenvalue weighted by atomic mass is 10.2.